The van der Waals surface area contributed by atoms with Crippen LogP contribution in [0, 0.1) is 13.8 Å². The van der Waals surface area contributed by atoms with E-state index in [-0.39, 0.29) is 0 Å². The minimum Gasteiger partial charge on any atom is -0.394 e. The number of nitrogens with zero attached hydrogens (tertiary/aromatic N) is 2. The number of anilines is 3. The summed E-state index contributed by atoms with van der Waals surface area (Å²) in [6.45, 7) is 6.89. The number of hydrogen-bond acceptors (Lipinski definition) is 3. The number of aryl methyl sites for hydroxylation is 3. The molecule has 0 radical (unpaired) electrons. The number of halogens is 1. The minimum atomic E-state index is 0.688. The van der Waals surface area contributed by atoms with Crippen LogP contribution in [-0.4, -0.2) is 9.78 Å². The van der Waals surface area contributed by atoms with Gasteiger partial charge in [0, 0.05) is 17.3 Å². The lowest BCUT2D eigenvalue weighted by molar-refractivity contribution is 0.605. The lowest BCUT2D eigenvalue weighted by Gasteiger charge is -2.12. The summed E-state index contributed by atoms with van der Waals surface area (Å²) in [5, 5.41) is 8.49. The Morgan fingerprint density at radius 2 is 2.11 bits per heavy atom. The van der Waals surface area contributed by atoms with Crippen molar-refractivity contribution in [2.45, 2.75) is 33.7 Å². The molecule has 0 bridgehead atoms. The zero-order chi connectivity index (χ0) is 14.0. The van der Waals surface area contributed by atoms with Crippen LogP contribution in [0.1, 0.15) is 24.6 Å². The van der Waals surface area contributed by atoms with Crippen LogP contribution in [0.25, 0.3) is 0 Å². The van der Waals surface area contributed by atoms with Gasteiger partial charge in [-0.3, -0.25) is 0 Å². The smallest absolute Gasteiger partial charge is 0.152 e. The van der Waals surface area contributed by atoms with Gasteiger partial charge in [0.1, 0.15) is 0 Å². The Morgan fingerprint density at radius 1 is 1.37 bits per heavy atom. The molecule has 0 aliphatic carbocycles. The number of rotatable bonds is 4. The molecule has 0 aliphatic heterocycles. The summed E-state index contributed by atoms with van der Waals surface area (Å²) in [6, 6.07) is 5.75. The molecule has 2 aromatic rings. The molecule has 1 aromatic carbocycles. The predicted molar refractivity (Wildman–Crippen MR) is 81.1 cm³/mol. The number of nitrogens with one attached hydrogen (secondary N) is 1. The highest BCUT2D eigenvalue weighted by Crippen LogP contribution is 2.29. The van der Waals surface area contributed by atoms with Crippen molar-refractivity contribution in [1.29, 1.82) is 0 Å². The largest absolute Gasteiger partial charge is 0.394 e. The van der Waals surface area contributed by atoms with E-state index in [1.54, 1.807) is 0 Å². The Balaban J connectivity index is 2.39. The monoisotopic (exact) mass is 278 g/mol. The average molecular weight is 279 g/mol. The van der Waals surface area contributed by atoms with Crippen molar-refractivity contribution < 1.29 is 0 Å². The fraction of sp³-hybridized carbons (Fsp3) is 0.357. The molecule has 5 heteroatoms. The van der Waals surface area contributed by atoms with Crippen molar-refractivity contribution in [3.8, 4) is 0 Å². The van der Waals surface area contributed by atoms with E-state index in [4.69, 9.17) is 17.3 Å². The summed E-state index contributed by atoms with van der Waals surface area (Å²) in [7, 11) is 0. The molecular weight excluding hydrogens is 260 g/mol. The summed E-state index contributed by atoms with van der Waals surface area (Å²) in [6.07, 6.45) is 1.00. The lowest BCUT2D eigenvalue weighted by atomic mass is 10.2. The number of nitrogens with two attached hydrogens (primary N) is 1. The summed E-state index contributed by atoms with van der Waals surface area (Å²) >= 11 is 6.04. The third kappa shape index (κ3) is 2.84. The fourth-order valence-corrected chi connectivity index (χ4v) is 2.13. The second-order valence-corrected chi connectivity index (χ2v) is 5.09. The zero-order valence-corrected chi connectivity index (χ0v) is 12.3. The summed E-state index contributed by atoms with van der Waals surface area (Å²) in [4.78, 5) is 0. The number of hydrogen-bond donors (Lipinski definition) is 2. The van der Waals surface area contributed by atoms with Crippen molar-refractivity contribution in [1.82, 2.24) is 9.78 Å². The lowest BCUT2D eigenvalue weighted by Crippen LogP contribution is -2.06. The van der Waals surface area contributed by atoms with Crippen LogP contribution < -0.4 is 11.1 Å². The van der Waals surface area contributed by atoms with Crippen LogP contribution in [-0.2, 0) is 6.54 Å². The van der Waals surface area contributed by atoms with Crippen molar-refractivity contribution in [3.63, 3.8) is 0 Å². The standard InChI is InChI=1S/C14H19ClN4/c1-4-7-19-14(13(16)10(3)18-19)17-12-8-11(15)6-5-9(12)2/h5-6,8,17H,4,7,16H2,1-3H3. The molecule has 2 rings (SSSR count). The number of benzene rings is 1. The molecule has 0 saturated carbocycles. The van der Waals surface area contributed by atoms with Crippen LogP contribution >= 0.6 is 11.6 Å². The van der Waals surface area contributed by atoms with Gasteiger partial charge < -0.3 is 11.1 Å². The number of nitrogen functional groups attached to an aromatic ring is 1. The van der Waals surface area contributed by atoms with Crippen LogP contribution in [0.5, 0.6) is 0 Å². The summed E-state index contributed by atoms with van der Waals surface area (Å²) in [5.74, 6) is 0.838. The maximum absolute atomic E-state index is 6.09. The average Bonchev–Trinajstić information content (AvgIpc) is 2.62. The van der Waals surface area contributed by atoms with Gasteiger partial charge in [-0.15, -0.1) is 0 Å². The molecular formula is C14H19ClN4. The van der Waals surface area contributed by atoms with Crippen LogP contribution in [0.4, 0.5) is 17.2 Å². The minimum absolute atomic E-state index is 0.688. The molecule has 0 saturated heterocycles. The van der Waals surface area contributed by atoms with Gasteiger partial charge in [-0.05, 0) is 38.0 Å². The Hall–Kier alpha value is -1.68. The van der Waals surface area contributed by atoms with E-state index in [1.807, 2.05) is 36.7 Å². The highest BCUT2D eigenvalue weighted by atomic mass is 35.5. The van der Waals surface area contributed by atoms with Gasteiger partial charge in [-0.2, -0.15) is 5.10 Å². The normalized spacial score (nSPS) is 10.7. The first-order valence-electron chi connectivity index (χ1n) is 6.39. The third-order valence-corrected chi connectivity index (χ3v) is 3.30. The fourth-order valence-electron chi connectivity index (χ4n) is 1.96. The quantitative estimate of drug-likeness (QED) is 0.892. The third-order valence-electron chi connectivity index (χ3n) is 3.06. The molecule has 0 fully saturated rings. The molecule has 4 nitrogen and oxygen atoms in total. The van der Waals surface area contributed by atoms with Gasteiger partial charge in [-0.1, -0.05) is 24.6 Å². The Labute approximate surface area is 118 Å². The maximum Gasteiger partial charge on any atom is 0.152 e. The molecule has 0 atom stereocenters. The Kier molecular flexibility index (Phi) is 4.00. The van der Waals surface area contributed by atoms with E-state index < -0.39 is 0 Å². The Bertz CT molecular complexity index is 589. The molecule has 3 N–H and O–H groups in total. The molecule has 19 heavy (non-hydrogen) atoms. The van der Waals surface area contributed by atoms with Crippen molar-refractivity contribution in [2.75, 3.05) is 11.1 Å². The van der Waals surface area contributed by atoms with E-state index in [9.17, 15) is 0 Å². The number of aromatic nitrogens is 2. The topological polar surface area (TPSA) is 55.9 Å². The van der Waals surface area contributed by atoms with Gasteiger partial charge in [0.05, 0.1) is 11.4 Å². The van der Waals surface area contributed by atoms with E-state index in [0.717, 1.165) is 35.7 Å². The zero-order valence-electron chi connectivity index (χ0n) is 11.5. The van der Waals surface area contributed by atoms with Gasteiger partial charge >= 0.3 is 0 Å². The maximum atomic E-state index is 6.09. The van der Waals surface area contributed by atoms with Crippen molar-refractivity contribution in [3.05, 3.63) is 34.5 Å². The van der Waals surface area contributed by atoms with Crippen LogP contribution in [0.2, 0.25) is 5.02 Å². The highest BCUT2D eigenvalue weighted by molar-refractivity contribution is 6.30. The predicted octanol–water partition coefficient (Wildman–Crippen LogP) is 3.89. The first-order chi connectivity index (χ1) is 9.02. The molecule has 1 aromatic heterocycles. The molecule has 102 valence electrons. The molecule has 0 amide bonds. The molecule has 0 spiro atoms. The van der Waals surface area contributed by atoms with E-state index >= 15 is 0 Å². The molecule has 0 aliphatic rings. The molecule has 0 unspecified atom stereocenters. The van der Waals surface area contributed by atoms with Crippen LogP contribution in [0.15, 0.2) is 18.2 Å². The second-order valence-electron chi connectivity index (χ2n) is 4.66. The Morgan fingerprint density at radius 3 is 2.79 bits per heavy atom. The second kappa shape index (κ2) is 5.53. The van der Waals surface area contributed by atoms with Gasteiger partial charge in [-0.25, -0.2) is 4.68 Å². The molecule has 1 heterocycles. The summed E-state index contributed by atoms with van der Waals surface area (Å²) in [5.41, 5.74) is 9.69. The summed E-state index contributed by atoms with van der Waals surface area (Å²) < 4.78 is 1.91. The van der Waals surface area contributed by atoms with Crippen molar-refractivity contribution >= 4 is 28.8 Å². The van der Waals surface area contributed by atoms with Crippen LogP contribution in [0.3, 0.4) is 0 Å². The van der Waals surface area contributed by atoms with E-state index in [1.165, 1.54) is 0 Å². The SMILES string of the molecule is CCCn1nc(C)c(N)c1Nc1cc(Cl)ccc1C. The van der Waals surface area contributed by atoms with E-state index in [0.29, 0.717) is 10.7 Å². The first-order valence-corrected chi connectivity index (χ1v) is 6.76. The van der Waals surface area contributed by atoms with E-state index in [2.05, 4.69) is 17.3 Å². The van der Waals surface area contributed by atoms with Crippen molar-refractivity contribution in [2.24, 2.45) is 0 Å². The van der Waals surface area contributed by atoms with Gasteiger partial charge in [0.15, 0.2) is 5.82 Å². The first kappa shape index (κ1) is 13.7. The van der Waals surface area contributed by atoms with Gasteiger partial charge in [0.25, 0.3) is 0 Å². The van der Waals surface area contributed by atoms with Gasteiger partial charge in [0.2, 0.25) is 0 Å². The highest BCUT2D eigenvalue weighted by Gasteiger charge is 2.13.